The van der Waals surface area contributed by atoms with E-state index in [0.717, 1.165) is 75.1 Å². The van der Waals surface area contributed by atoms with Crippen LogP contribution in [0.3, 0.4) is 0 Å². The molecule has 45 heavy (non-hydrogen) atoms. The largest absolute Gasteiger partial charge is 0.481 e. The summed E-state index contributed by atoms with van der Waals surface area (Å²) in [4.78, 5) is 15.5. The second-order valence-electron chi connectivity index (χ2n) is 14.8. The van der Waals surface area contributed by atoms with Crippen LogP contribution in [0, 0.1) is 5.92 Å². The van der Waals surface area contributed by atoms with Crippen molar-refractivity contribution in [3.63, 3.8) is 0 Å². The average Bonchev–Trinajstić information content (AvgIpc) is 3.77. The number of hydrogen-bond donors (Lipinski definition) is 1. The summed E-state index contributed by atoms with van der Waals surface area (Å²) < 4.78 is 12.7. The number of ether oxygens (including phenoxy) is 2. The molecule has 1 saturated carbocycles. The van der Waals surface area contributed by atoms with Crippen molar-refractivity contribution < 1.29 is 19.4 Å². The first-order valence-corrected chi connectivity index (χ1v) is 18.7. The molecule has 0 radical (unpaired) electrons. The molecule has 1 saturated heterocycles. The zero-order valence-corrected chi connectivity index (χ0v) is 28.7. The molecule has 4 atom stereocenters. The maximum Gasteiger partial charge on any atom is 0.311 e. The van der Waals surface area contributed by atoms with Gasteiger partial charge >= 0.3 is 5.97 Å². The highest BCUT2D eigenvalue weighted by atomic mass is 16.6. The van der Waals surface area contributed by atoms with E-state index in [4.69, 9.17) is 9.47 Å². The van der Waals surface area contributed by atoms with E-state index in [0.29, 0.717) is 17.9 Å². The fraction of sp³-hybridized carbons (Fsp3) is 0.725. The Morgan fingerprint density at radius 3 is 2.36 bits per heavy atom. The highest BCUT2D eigenvalue weighted by molar-refractivity contribution is 5.75. The first kappa shape index (κ1) is 34.2. The number of benzene rings is 1. The van der Waals surface area contributed by atoms with E-state index in [1.165, 1.54) is 76.2 Å². The van der Waals surface area contributed by atoms with Gasteiger partial charge in [0.1, 0.15) is 6.10 Å². The summed E-state index contributed by atoms with van der Waals surface area (Å²) in [5.41, 5.74) is 1.76. The predicted molar refractivity (Wildman–Crippen MR) is 184 cm³/mol. The monoisotopic (exact) mass is 619 g/mol. The molecule has 2 aliphatic carbocycles. The molecule has 250 valence electrons. The molecule has 2 bridgehead atoms. The van der Waals surface area contributed by atoms with E-state index in [2.05, 4.69) is 43.5 Å². The Hall–Kier alpha value is -2.11. The van der Waals surface area contributed by atoms with Crippen molar-refractivity contribution in [3.05, 3.63) is 47.6 Å². The summed E-state index contributed by atoms with van der Waals surface area (Å²) in [5, 5.41) is 12.4. The van der Waals surface area contributed by atoms with Crippen LogP contribution in [0.25, 0.3) is 0 Å². The van der Waals surface area contributed by atoms with Crippen LogP contribution in [-0.2, 0) is 16.6 Å². The molecule has 1 aromatic rings. The lowest BCUT2D eigenvalue weighted by atomic mass is 9.52. The molecule has 1 N–H and O–H groups in total. The second kappa shape index (κ2) is 15.7. The lowest BCUT2D eigenvalue weighted by molar-refractivity contribution is -0.149. The number of allylic oxidation sites excluding steroid dienone is 2. The number of nitrogens with zero attached hydrogens (tertiary/aromatic N) is 1. The number of carbonyl (C=O) groups excluding carboxylic acids is 1. The zero-order chi connectivity index (χ0) is 31.9. The van der Waals surface area contributed by atoms with E-state index in [1.807, 2.05) is 13.0 Å². The molecule has 5 nitrogen and oxygen atoms in total. The first-order chi connectivity index (χ1) is 21.8. The second-order valence-corrected chi connectivity index (χ2v) is 14.8. The van der Waals surface area contributed by atoms with Gasteiger partial charge in [-0.1, -0.05) is 90.0 Å². The standard InChI is InChI=1S/C40H61NO4/c1-5-7-8-9-10-11-12-13-14-15-16-17-18-19-20-21-35(42)44-33-25-24-32-28-34-39(4,43)40(26-27-41(34)29-31-22-23-31)36(32)37(33)45-38(40)30(3)6-2/h13-14,24-25,31,34,38,43H,3,5-12,15-23,26-29H2,1-2,4H3/b14-13+/t34?,38-,39+,40-/m0/s1. The minimum Gasteiger partial charge on any atom is -0.481 e. The third-order valence-electron chi connectivity index (χ3n) is 11.4. The Bertz CT molecular complexity index is 1180. The van der Waals surface area contributed by atoms with Gasteiger partial charge in [-0.3, -0.25) is 9.69 Å². The Morgan fingerprint density at radius 1 is 1.02 bits per heavy atom. The molecule has 1 aromatic carbocycles. The molecule has 1 unspecified atom stereocenters. The van der Waals surface area contributed by atoms with Crippen LogP contribution >= 0.6 is 0 Å². The fourth-order valence-electron chi connectivity index (χ4n) is 8.48. The Morgan fingerprint density at radius 2 is 1.69 bits per heavy atom. The molecule has 2 heterocycles. The summed E-state index contributed by atoms with van der Waals surface area (Å²) in [6, 6.07) is 4.11. The van der Waals surface area contributed by atoms with Crippen molar-refractivity contribution >= 4 is 5.97 Å². The van der Waals surface area contributed by atoms with Crippen LogP contribution in [0.2, 0.25) is 0 Å². The molecule has 5 heteroatoms. The molecule has 1 spiro atoms. The van der Waals surface area contributed by atoms with Crippen LogP contribution in [-0.4, -0.2) is 46.8 Å². The van der Waals surface area contributed by atoms with Crippen LogP contribution in [0.1, 0.15) is 147 Å². The van der Waals surface area contributed by atoms with Crippen molar-refractivity contribution in [1.82, 2.24) is 4.90 Å². The van der Waals surface area contributed by atoms with E-state index in [1.54, 1.807) is 0 Å². The summed E-state index contributed by atoms with van der Waals surface area (Å²) in [5.74, 6) is 1.75. The van der Waals surface area contributed by atoms with E-state index in [9.17, 15) is 9.90 Å². The molecule has 0 amide bonds. The Kier molecular flexibility index (Phi) is 11.9. The summed E-state index contributed by atoms with van der Waals surface area (Å²) in [6.07, 6.45) is 25.9. The van der Waals surface area contributed by atoms with Crippen LogP contribution < -0.4 is 9.47 Å². The van der Waals surface area contributed by atoms with E-state index < -0.39 is 11.0 Å². The van der Waals surface area contributed by atoms with Crippen molar-refractivity contribution in [3.8, 4) is 11.5 Å². The van der Waals surface area contributed by atoms with Gasteiger partial charge in [-0.15, -0.1) is 0 Å². The molecule has 2 aliphatic heterocycles. The zero-order valence-electron chi connectivity index (χ0n) is 28.7. The number of esters is 1. The average molecular weight is 620 g/mol. The fourth-order valence-corrected chi connectivity index (χ4v) is 8.48. The van der Waals surface area contributed by atoms with Crippen LogP contribution in [0.5, 0.6) is 11.5 Å². The predicted octanol–water partition coefficient (Wildman–Crippen LogP) is 9.39. The minimum atomic E-state index is -0.965. The number of piperidine rings is 1. The lowest BCUT2D eigenvalue weighted by Crippen LogP contribution is -2.73. The molecule has 4 aliphatic rings. The summed E-state index contributed by atoms with van der Waals surface area (Å²) >= 11 is 0. The van der Waals surface area contributed by atoms with E-state index in [-0.39, 0.29) is 18.1 Å². The van der Waals surface area contributed by atoms with Crippen molar-refractivity contribution in [2.24, 2.45) is 5.92 Å². The van der Waals surface area contributed by atoms with Gasteiger partial charge < -0.3 is 14.6 Å². The number of aliphatic hydroxyl groups is 1. The van der Waals surface area contributed by atoms with Gasteiger partial charge in [0.25, 0.3) is 0 Å². The third-order valence-corrected chi connectivity index (χ3v) is 11.4. The van der Waals surface area contributed by atoms with Gasteiger partial charge in [0, 0.05) is 24.6 Å². The normalized spacial score (nSPS) is 27.0. The van der Waals surface area contributed by atoms with Gasteiger partial charge in [0.15, 0.2) is 11.5 Å². The van der Waals surface area contributed by atoms with Crippen molar-refractivity contribution in [2.45, 2.75) is 166 Å². The molecular weight excluding hydrogens is 558 g/mol. The van der Waals surface area contributed by atoms with Gasteiger partial charge in [0.2, 0.25) is 0 Å². The number of fused-ring (bicyclic) bond motifs is 1. The maximum atomic E-state index is 13.0. The van der Waals surface area contributed by atoms with Gasteiger partial charge in [0.05, 0.1) is 11.0 Å². The van der Waals surface area contributed by atoms with Gasteiger partial charge in [-0.2, -0.15) is 0 Å². The topological polar surface area (TPSA) is 59.0 Å². The quantitative estimate of drug-likeness (QED) is 0.0682. The summed E-state index contributed by atoms with van der Waals surface area (Å²) in [7, 11) is 0. The van der Waals surface area contributed by atoms with Crippen LogP contribution in [0.4, 0.5) is 0 Å². The molecule has 2 fully saturated rings. The summed E-state index contributed by atoms with van der Waals surface area (Å²) in [6.45, 7) is 12.8. The Balaban J connectivity index is 1.11. The highest BCUT2D eigenvalue weighted by Crippen LogP contribution is 2.63. The smallest absolute Gasteiger partial charge is 0.311 e. The van der Waals surface area contributed by atoms with E-state index >= 15 is 0 Å². The van der Waals surface area contributed by atoms with Gasteiger partial charge in [-0.25, -0.2) is 0 Å². The minimum absolute atomic E-state index is 0.0515. The van der Waals surface area contributed by atoms with Crippen LogP contribution in [0.15, 0.2) is 36.4 Å². The highest BCUT2D eigenvalue weighted by Gasteiger charge is 2.68. The molecular formula is C40H61NO4. The lowest BCUT2D eigenvalue weighted by Gasteiger charge is -2.60. The number of rotatable bonds is 20. The molecule has 0 aromatic heterocycles. The number of hydrogen-bond acceptors (Lipinski definition) is 5. The number of unbranched alkanes of at least 4 members (excludes halogenated alkanes) is 11. The third kappa shape index (κ3) is 7.56. The molecule has 5 rings (SSSR count). The first-order valence-electron chi connectivity index (χ1n) is 18.7. The maximum absolute atomic E-state index is 13.0. The SMILES string of the molecule is C=C(CC)[C@@H]1Oc2c(OC(=O)CCCCCCC/C=C/CCCCCCCC)ccc3c2[C@@]12CCN(CC1CC1)C(C3)[C@@]2(C)O. The van der Waals surface area contributed by atoms with Crippen molar-refractivity contribution in [1.29, 1.82) is 0 Å². The van der Waals surface area contributed by atoms with Crippen molar-refractivity contribution in [2.75, 3.05) is 13.1 Å². The van der Waals surface area contributed by atoms with Gasteiger partial charge in [-0.05, 0) is 101 Å². The Labute approximate surface area is 273 Å². The number of carbonyl (C=O) groups is 1. The number of likely N-dealkylation sites (tertiary alicyclic amines) is 1.